The first-order chi connectivity index (χ1) is 22.2. The van der Waals surface area contributed by atoms with Gasteiger partial charge >= 0.3 is 5.97 Å². The summed E-state index contributed by atoms with van der Waals surface area (Å²) in [7, 11) is 0. The summed E-state index contributed by atoms with van der Waals surface area (Å²) in [4.78, 5) is 51.6. The van der Waals surface area contributed by atoms with Crippen LogP contribution < -0.4 is 16.0 Å². The van der Waals surface area contributed by atoms with E-state index in [1.54, 1.807) is 78.9 Å². The van der Waals surface area contributed by atoms with Gasteiger partial charge in [-0.15, -0.1) is 11.8 Å². The third-order valence-corrected chi connectivity index (χ3v) is 7.74. The quantitative estimate of drug-likeness (QED) is 0.0590. The fourth-order valence-corrected chi connectivity index (χ4v) is 5.00. The number of amides is 3. The normalized spacial score (nSPS) is 11.0. The minimum atomic E-state index is -0.707. The number of carbonyl (C=O) groups excluding carboxylic acids is 4. The number of hydrogen-bond acceptors (Lipinski definition) is 6. The van der Waals surface area contributed by atoms with Crippen molar-refractivity contribution in [1.82, 2.24) is 5.32 Å². The van der Waals surface area contributed by atoms with Crippen molar-refractivity contribution in [3.05, 3.63) is 130 Å². The Morgan fingerprint density at radius 3 is 2.30 bits per heavy atom. The molecule has 0 fully saturated rings. The molecule has 8 nitrogen and oxygen atoms in total. The van der Waals surface area contributed by atoms with E-state index in [4.69, 9.17) is 16.3 Å². The van der Waals surface area contributed by atoms with E-state index >= 15 is 0 Å². The van der Waals surface area contributed by atoms with Crippen LogP contribution in [0, 0.1) is 5.82 Å². The highest BCUT2D eigenvalue weighted by atomic mass is 35.5. The van der Waals surface area contributed by atoms with Gasteiger partial charge in [-0.25, -0.2) is 9.18 Å². The highest BCUT2D eigenvalue weighted by Gasteiger charge is 2.17. The maximum absolute atomic E-state index is 14.6. The van der Waals surface area contributed by atoms with Crippen LogP contribution in [0.25, 0.3) is 6.08 Å². The van der Waals surface area contributed by atoms with E-state index in [1.807, 2.05) is 6.92 Å². The average Bonchev–Trinajstić information content (AvgIpc) is 3.06. The van der Waals surface area contributed by atoms with E-state index in [2.05, 4.69) is 16.0 Å². The van der Waals surface area contributed by atoms with Gasteiger partial charge in [0.05, 0.1) is 22.9 Å². The number of ether oxygens (including phenoxy) is 1. The lowest BCUT2D eigenvalue weighted by Gasteiger charge is -2.13. The van der Waals surface area contributed by atoms with Gasteiger partial charge in [-0.2, -0.15) is 0 Å². The van der Waals surface area contributed by atoms with Crippen LogP contribution in [-0.2, 0) is 14.3 Å². The standard InChI is InChI=1S/C35H31ClFN3O5S/c1-2-3-19-45-35(44)24-15-17-25(18-16-24)38-32(41)22-46-27-12-7-11-26(20-27)39-34(43)31(21-28-29(36)13-8-14-30(28)37)40-33(42)23-9-5-4-6-10-23/h4-18,20-21H,2-3,19,22H2,1H3,(H,38,41)(H,39,43)(H,40,42)/b31-21+. The number of anilines is 2. The van der Waals surface area contributed by atoms with Crippen molar-refractivity contribution in [2.24, 2.45) is 0 Å². The summed E-state index contributed by atoms with van der Waals surface area (Å²) in [6.07, 6.45) is 2.90. The number of unbranched alkanes of at least 4 members (excludes halogenated alkanes) is 1. The smallest absolute Gasteiger partial charge is 0.338 e. The molecule has 0 heterocycles. The summed E-state index contributed by atoms with van der Waals surface area (Å²) in [6.45, 7) is 2.37. The van der Waals surface area contributed by atoms with Gasteiger partial charge in [0.1, 0.15) is 11.5 Å². The van der Waals surface area contributed by atoms with Gasteiger partial charge in [-0.1, -0.05) is 55.3 Å². The van der Waals surface area contributed by atoms with Gasteiger partial charge in [0.25, 0.3) is 11.8 Å². The van der Waals surface area contributed by atoms with E-state index in [1.165, 1.54) is 36.0 Å². The summed E-state index contributed by atoms with van der Waals surface area (Å²) in [6, 6.07) is 25.6. The maximum Gasteiger partial charge on any atom is 0.338 e. The second-order valence-electron chi connectivity index (χ2n) is 9.90. The Balaban J connectivity index is 1.39. The summed E-state index contributed by atoms with van der Waals surface area (Å²) < 4.78 is 19.8. The number of rotatable bonds is 13. The first kappa shape index (κ1) is 34.0. The molecule has 0 aliphatic rings. The van der Waals surface area contributed by atoms with Crippen molar-refractivity contribution >= 4 is 64.5 Å². The van der Waals surface area contributed by atoms with E-state index in [0.717, 1.165) is 12.8 Å². The number of nitrogens with one attached hydrogen (secondary N) is 3. The lowest BCUT2D eigenvalue weighted by Crippen LogP contribution is -2.30. The molecule has 4 aromatic rings. The van der Waals surface area contributed by atoms with Crippen LogP contribution in [0.2, 0.25) is 5.02 Å². The van der Waals surface area contributed by atoms with Gasteiger partial charge < -0.3 is 20.7 Å². The van der Waals surface area contributed by atoms with E-state index in [0.29, 0.717) is 34.0 Å². The Hall–Kier alpha value is -4.93. The van der Waals surface area contributed by atoms with Crippen molar-refractivity contribution in [3.63, 3.8) is 0 Å². The Kier molecular flexibility index (Phi) is 12.5. The molecule has 0 saturated heterocycles. The van der Waals surface area contributed by atoms with Crippen LogP contribution in [0.5, 0.6) is 0 Å². The second kappa shape index (κ2) is 17.0. The monoisotopic (exact) mass is 659 g/mol. The summed E-state index contributed by atoms with van der Waals surface area (Å²) >= 11 is 7.42. The van der Waals surface area contributed by atoms with E-state index in [9.17, 15) is 23.6 Å². The summed E-state index contributed by atoms with van der Waals surface area (Å²) in [5.74, 6) is -2.54. The van der Waals surface area contributed by atoms with Crippen LogP contribution in [-0.4, -0.2) is 36.1 Å². The Morgan fingerprint density at radius 2 is 1.59 bits per heavy atom. The van der Waals surface area contributed by atoms with Crippen LogP contribution in [0.4, 0.5) is 15.8 Å². The van der Waals surface area contributed by atoms with Crippen LogP contribution in [0.3, 0.4) is 0 Å². The van der Waals surface area contributed by atoms with Crippen molar-refractivity contribution in [1.29, 1.82) is 0 Å². The second-order valence-corrected chi connectivity index (χ2v) is 11.4. The number of benzene rings is 4. The zero-order valence-corrected chi connectivity index (χ0v) is 26.4. The molecule has 0 bridgehead atoms. The van der Waals surface area contributed by atoms with Crippen molar-refractivity contribution in [2.75, 3.05) is 23.0 Å². The molecule has 4 rings (SSSR count). The van der Waals surface area contributed by atoms with E-state index < -0.39 is 23.6 Å². The zero-order chi connectivity index (χ0) is 32.9. The number of thioether (sulfide) groups is 1. The SMILES string of the molecule is CCCCOC(=O)c1ccc(NC(=O)CSc2cccc(NC(=O)/C(=C\c3c(F)cccc3Cl)NC(=O)c3ccccc3)c2)cc1. The highest BCUT2D eigenvalue weighted by molar-refractivity contribution is 8.00. The summed E-state index contributed by atoms with van der Waals surface area (Å²) in [5.41, 5.74) is 1.34. The largest absolute Gasteiger partial charge is 0.462 e. The molecule has 0 aliphatic heterocycles. The predicted octanol–water partition coefficient (Wildman–Crippen LogP) is 7.58. The van der Waals surface area contributed by atoms with Crippen LogP contribution >= 0.6 is 23.4 Å². The number of carbonyl (C=O) groups is 4. The molecule has 0 unspecified atom stereocenters. The maximum atomic E-state index is 14.6. The molecule has 4 aromatic carbocycles. The van der Waals surface area contributed by atoms with Crippen molar-refractivity contribution in [3.8, 4) is 0 Å². The third kappa shape index (κ3) is 10.0. The number of halogens is 2. The van der Waals surface area contributed by atoms with Gasteiger partial charge in [-0.05, 0) is 79.2 Å². The van der Waals surface area contributed by atoms with E-state index in [-0.39, 0.29) is 27.9 Å². The molecule has 46 heavy (non-hydrogen) atoms. The molecule has 236 valence electrons. The van der Waals surface area contributed by atoms with Crippen molar-refractivity contribution in [2.45, 2.75) is 24.7 Å². The minimum absolute atomic E-state index is 0.0560. The highest BCUT2D eigenvalue weighted by Crippen LogP contribution is 2.24. The molecule has 3 N–H and O–H groups in total. The average molecular weight is 660 g/mol. The topological polar surface area (TPSA) is 114 Å². The van der Waals surface area contributed by atoms with Gasteiger partial charge in [0, 0.05) is 27.4 Å². The number of hydrogen-bond donors (Lipinski definition) is 3. The Labute approximate surface area is 275 Å². The lowest BCUT2D eigenvalue weighted by molar-refractivity contribution is -0.114. The molecule has 0 aliphatic carbocycles. The molecular formula is C35H31ClFN3O5S. The molecule has 3 amide bonds. The van der Waals surface area contributed by atoms with Crippen molar-refractivity contribution < 1.29 is 28.3 Å². The molecule has 0 radical (unpaired) electrons. The molecule has 0 aromatic heterocycles. The van der Waals surface area contributed by atoms with Crippen LogP contribution in [0.1, 0.15) is 46.0 Å². The van der Waals surface area contributed by atoms with Gasteiger partial charge in [-0.3, -0.25) is 14.4 Å². The zero-order valence-electron chi connectivity index (χ0n) is 24.8. The Morgan fingerprint density at radius 1 is 0.848 bits per heavy atom. The summed E-state index contributed by atoms with van der Waals surface area (Å²) in [5, 5.41) is 8.13. The number of esters is 1. The first-order valence-corrected chi connectivity index (χ1v) is 15.7. The third-order valence-electron chi connectivity index (χ3n) is 6.41. The molecular weight excluding hydrogens is 629 g/mol. The molecule has 0 atom stereocenters. The van der Waals surface area contributed by atoms with Crippen LogP contribution in [0.15, 0.2) is 108 Å². The fourth-order valence-electron chi connectivity index (χ4n) is 4.03. The minimum Gasteiger partial charge on any atom is -0.462 e. The Bertz CT molecular complexity index is 1710. The first-order valence-electron chi connectivity index (χ1n) is 14.4. The van der Waals surface area contributed by atoms with Gasteiger partial charge in [0.15, 0.2) is 0 Å². The predicted molar refractivity (Wildman–Crippen MR) is 179 cm³/mol. The van der Waals surface area contributed by atoms with Gasteiger partial charge in [0.2, 0.25) is 5.91 Å². The lowest BCUT2D eigenvalue weighted by atomic mass is 10.1. The molecule has 0 spiro atoms. The fraction of sp³-hybridized carbons (Fsp3) is 0.143. The molecule has 11 heteroatoms. The molecule has 0 saturated carbocycles.